The van der Waals surface area contributed by atoms with Crippen LogP contribution in [0.15, 0.2) is 66.9 Å². The maximum Gasteiger partial charge on any atom is 0.354 e. The highest BCUT2D eigenvalue weighted by Crippen LogP contribution is 2.36. The molecule has 0 saturated heterocycles. The van der Waals surface area contributed by atoms with Gasteiger partial charge in [-0.3, -0.25) is 0 Å². The molecule has 0 amide bonds. The second-order valence-electron chi connectivity index (χ2n) is 6.48. The van der Waals surface area contributed by atoms with Crippen molar-refractivity contribution in [2.24, 2.45) is 0 Å². The van der Waals surface area contributed by atoms with Gasteiger partial charge in [0.2, 0.25) is 0 Å². The Bertz CT molecular complexity index is 1150. The number of aromatic nitrogens is 2. The molecular formula is C22H17ClN2O2. The molecule has 1 atom stereocenters. The predicted molar refractivity (Wildman–Crippen MR) is 107 cm³/mol. The molecule has 0 aliphatic carbocycles. The van der Waals surface area contributed by atoms with E-state index in [1.165, 1.54) is 6.07 Å². The summed E-state index contributed by atoms with van der Waals surface area (Å²) in [6, 6.07) is 19.0. The van der Waals surface area contributed by atoms with Gasteiger partial charge in [0.25, 0.3) is 0 Å². The molecule has 27 heavy (non-hydrogen) atoms. The Hall–Kier alpha value is -3.11. The first-order valence-electron chi connectivity index (χ1n) is 8.57. The van der Waals surface area contributed by atoms with E-state index in [0.717, 1.165) is 27.6 Å². The smallest absolute Gasteiger partial charge is 0.354 e. The zero-order valence-corrected chi connectivity index (χ0v) is 15.4. The van der Waals surface area contributed by atoms with Gasteiger partial charge in [0, 0.05) is 22.1 Å². The van der Waals surface area contributed by atoms with E-state index in [2.05, 4.69) is 9.97 Å². The van der Waals surface area contributed by atoms with Crippen molar-refractivity contribution in [1.82, 2.24) is 9.97 Å². The van der Waals surface area contributed by atoms with Crippen LogP contribution in [0.2, 0.25) is 5.02 Å². The molecule has 0 aliphatic rings. The Morgan fingerprint density at radius 2 is 1.93 bits per heavy atom. The minimum atomic E-state index is -1.04. The number of aromatic carboxylic acids is 1. The summed E-state index contributed by atoms with van der Waals surface area (Å²) in [4.78, 5) is 19.1. The van der Waals surface area contributed by atoms with E-state index in [1.54, 1.807) is 6.07 Å². The number of pyridine rings is 1. The van der Waals surface area contributed by atoms with Gasteiger partial charge in [0.1, 0.15) is 5.69 Å². The number of rotatable bonds is 4. The zero-order valence-electron chi connectivity index (χ0n) is 14.6. The summed E-state index contributed by atoms with van der Waals surface area (Å²) < 4.78 is 0. The summed E-state index contributed by atoms with van der Waals surface area (Å²) in [5.74, 6) is -1.28. The number of carboxylic acids is 1. The van der Waals surface area contributed by atoms with Gasteiger partial charge in [-0.05, 0) is 47.9 Å². The van der Waals surface area contributed by atoms with Crippen molar-refractivity contribution in [3.63, 3.8) is 0 Å². The average molecular weight is 377 g/mol. The quantitative estimate of drug-likeness (QED) is 0.501. The lowest BCUT2D eigenvalue weighted by Gasteiger charge is -2.18. The molecule has 2 N–H and O–H groups in total. The average Bonchev–Trinajstić information content (AvgIpc) is 3.09. The van der Waals surface area contributed by atoms with E-state index in [0.29, 0.717) is 10.7 Å². The van der Waals surface area contributed by atoms with Crippen molar-refractivity contribution in [3.8, 4) is 0 Å². The fraction of sp³-hybridized carbons (Fsp3) is 0.0909. The van der Waals surface area contributed by atoms with Crippen molar-refractivity contribution in [1.29, 1.82) is 0 Å². The van der Waals surface area contributed by atoms with Crippen LogP contribution in [0.4, 0.5) is 0 Å². The highest BCUT2D eigenvalue weighted by molar-refractivity contribution is 6.31. The molecule has 0 aliphatic heterocycles. The summed E-state index contributed by atoms with van der Waals surface area (Å²) in [5, 5.41) is 11.1. The van der Waals surface area contributed by atoms with Gasteiger partial charge in [-0.2, -0.15) is 0 Å². The Labute approximate surface area is 161 Å². The summed E-state index contributed by atoms with van der Waals surface area (Å²) in [6.45, 7) is 1.95. The fourth-order valence-electron chi connectivity index (χ4n) is 3.36. The highest BCUT2D eigenvalue weighted by atomic mass is 35.5. The number of carboxylic acid groups (broad SMARTS) is 1. The number of hydrogen-bond acceptors (Lipinski definition) is 2. The zero-order chi connectivity index (χ0) is 19.0. The summed E-state index contributed by atoms with van der Waals surface area (Å²) >= 11 is 6.38. The second kappa shape index (κ2) is 6.89. The SMILES string of the molecule is Cc1ccc(C(c2cccc(C(=O)O)n2)c2c[nH]c3ccccc23)cc1Cl. The lowest BCUT2D eigenvalue weighted by molar-refractivity contribution is 0.0690. The topological polar surface area (TPSA) is 66.0 Å². The number of H-pyrrole nitrogens is 1. The fourth-order valence-corrected chi connectivity index (χ4v) is 3.55. The van der Waals surface area contributed by atoms with Crippen molar-refractivity contribution in [2.75, 3.05) is 0 Å². The van der Waals surface area contributed by atoms with Gasteiger partial charge in [-0.15, -0.1) is 0 Å². The van der Waals surface area contributed by atoms with E-state index >= 15 is 0 Å². The summed E-state index contributed by atoms with van der Waals surface area (Å²) in [6.07, 6.45) is 1.96. The van der Waals surface area contributed by atoms with Gasteiger partial charge >= 0.3 is 5.97 Å². The number of halogens is 1. The van der Waals surface area contributed by atoms with Crippen LogP contribution in [0.5, 0.6) is 0 Å². The van der Waals surface area contributed by atoms with Crippen LogP contribution in [-0.4, -0.2) is 21.0 Å². The van der Waals surface area contributed by atoms with Crippen LogP contribution in [0.3, 0.4) is 0 Å². The van der Waals surface area contributed by atoms with Gasteiger partial charge in [0.05, 0.1) is 11.6 Å². The Kier molecular flexibility index (Phi) is 4.42. The van der Waals surface area contributed by atoms with Gasteiger partial charge in [0.15, 0.2) is 0 Å². The molecule has 4 aromatic rings. The molecule has 5 heteroatoms. The molecule has 0 spiro atoms. The van der Waals surface area contributed by atoms with Gasteiger partial charge in [-0.25, -0.2) is 9.78 Å². The third-order valence-electron chi connectivity index (χ3n) is 4.75. The van der Waals surface area contributed by atoms with Gasteiger partial charge < -0.3 is 10.1 Å². The van der Waals surface area contributed by atoms with Crippen LogP contribution in [0, 0.1) is 6.92 Å². The van der Waals surface area contributed by atoms with Crippen molar-refractivity contribution in [2.45, 2.75) is 12.8 Å². The number of fused-ring (bicyclic) bond motifs is 1. The second-order valence-corrected chi connectivity index (χ2v) is 6.89. The minimum Gasteiger partial charge on any atom is -0.477 e. The Balaban J connectivity index is 1.96. The van der Waals surface area contributed by atoms with Crippen molar-refractivity contribution < 1.29 is 9.90 Å². The number of benzene rings is 2. The predicted octanol–water partition coefficient (Wildman–Crippen LogP) is 5.40. The molecule has 4 rings (SSSR count). The standard InChI is InChI=1S/C22H17ClN2O2/c1-13-9-10-14(11-17(13)23)21(19-7-4-8-20(25-19)22(26)27)16-12-24-18-6-3-2-5-15(16)18/h2-12,21,24H,1H3,(H,26,27). The molecule has 134 valence electrons. The number of nitrogens with one attached hydrogen (secondary N) is 1. The lowest BCUT2D eigenvalue weighted by atomic mass is 9.87. The van der Waals surface area contributed by atoms with E-state index < -0.39 is 5.97 Å². The largest absolute Gasteiger partial charge is 0.477 e. The van der Waals surface area contributed by atoms with E-state index in [4.69, 9.17) is 11.6 Å². The monoisotopic (exact) mass is 376 g/mol. The first-order chi connectivity index (χ1) is 13.0. The van der Waals surface area contributed by atoms with Crippen molar-refractivity contribution in [3.05, 3.63) is 100.0 Å². The lowest BCUT2D eigenvalue weighted by Crippen LogP contribution is -2.09. The van der Waals surface area contributed by atoms with E-state index in [-0.39, 0.29) is 11.6 Å². The van der Waals surface area contributed by atoms with Crippen LogP contribution >= 0.6 is 11.6 Å². The molecule has 0 radical (unpaired) electrons. The number of nitrogens with zero attached hydrogens (tertiary/aromatic N) is 1. The number of aryl methyl sites for hydroxylation is 1. The van der Waals surface area contributed by atoms with Crippen molar-refractivity contribution >= 4 is 28.5 Å². The van der Waals surface area contributed by atoms with Crippen LogP contribution in [-0.2, 0) is 0 Å². The molecule has 2 heterocycles. The molecular weight excluding hydrogens is 360 g/mol. The highest BCUT2D eigenvalue weighted by Gasteiger charge is 2.23. The van der Waals surface area contributed by atoms with Gasteiger partial charge in [-0.1, -0.05) is 48.0 Å². The normalized spacial score (nSPS) is 12.2. The maximum atomic E-state index is 11.4. The third-order valence-corrected chi connectivity index (χ3v) is 5.15. The maximum absolute atomic E-state index is 11.4. The van der Waals surface area contributed by atoms with E-state index in [9.17, 15) is 9.90 Å². The summed E-state index contributed by atoms with van der Waals surface area (Å²) in [5.41, 5.74) is 4.69. The molecule has 2 aromatic carbocycles. The third kappa shape index (κ3) is 3.20. The van der Waals surface area contributed by atoms with E-state index in [1.807, 2.05) is 61.7 Å². The molecule has 0 bridgehead atoms. The van der Waals surface area contributed by atoms with Crippen LogP contribution in [0.1, 0.15) is 38.8 Å². The molecule has 1 unspecified atom stereocenters. The summed E-state index contributed by atoms with van der Waals surface area (Å²) in [7, 11) is 0. The number of carbonyl (C=O) groups is 1. The minimum absolute atomic E-state index is 0.0237. The molecule has 0 saturated carbocycles. The van der Waals surface area contributed by atoms with Crippen LogP contribution in [0.25, 0.3) is 10.9 Å². The molecule has 2 aromatic heterocycles. The molecule has 4 nitrogen and oxygen atoms in total. The number of hydrogen-bond donors (Lipinski definition) is 2. The number of para-hydroxylation sites is 1. The number of aromatic amines is 1. The Morgan fingerprint density at radius 3 is 2.70 bits per heavy atom. The molecule has 0 fully saturated rings. The Morgan fingerprint density at radius 1 is 1.11 bits per heavy atom. The first-order valence-corrected chi connectivity index (χ1v) is 8.94. The first kappa shape index (κ1) is 17.3. The van der Waals surface area contributed by atoms with Crippen LogP contribution < -0.4 is 0 Å².